The molecule has 0 amide bonds. The van der Waals surface area contributed by atoms with Crippen LogP contribution >= 0.6 is 34.3 Å². The Hall–Kier alpha value is -2.55. The van der Waals surface area contributed by atoms with Gasteiger partial charge in [-0.2, -0.15) is 5.10 Å². The number of halogens is 1. The maximum atomic E-state index is 6.48. The second-order valence-corrected chi connectivity index (χ2v) is 8.38. The van der Waals surface area contributed by atoms with Crippen LogP contribution in [0.3, 0.4) is 0 Å². The predicted molar refractivity (Wildman–Crippen MR) is 112 cm³/mol. The molecule has 0 saturated carbocycles. The van der Waals surface area contributed by atoms with Crippen LogP contribution in [0.4, 0.5) is 10.8 Å². The first-order valence-electron chi connectivity index (χ1n) is 8.34. The van der Waals surface area contributed by atoms with Crippen LogP contribution in [-0.4, -0.2) is 25.4 Å². The number of aromatic nitrogens is 5. The summed E-state index contributed by atoms with van der Waals surface area (Å²) in [6.45, 7) is 2.12. The quantitative estimate of drug-likeness (QED) is 0.398. The number of anilines is 2. The van der Waals surface area contributed by atoms with E-state index >= 15 is 0 Å². The molecule has 3 heterocycles. The number of hydrogen-bond acceptors (Lipinski definition) is 7. The van der Waals surface area contributed by atoms with E-state index in [9.17, 15) is 0 Å². The van der Waals surface area contributed by atoms with Gasteiger partial charge in [0, 0.05) is 10.9 Å². The molecule has 2 N–H and O–H groups in total. The molecule has 0 atom stereocenters. The lowest BCUT2D eigenvalue weighted by molar-refractivity contribution is 1.09. The third kappa shape index (κ3) is 2.86. The van der Waals surface area contributed by atoms with Crippen molar-refractivity contribution in [2.75, 3.05) is 5.32 Å². The van der Waals surface area contributed by atoms with Crippen LogP contribution in [-0.2, 0) is 6.42 Å². The number of benzene rings is 2. The van der Waals surface area contributed by atoms with Crippen molar-refractivity contribution in [1.82, 2.24) is 25.4 Å². The van der Waals surface area contributed by atoms with Gasteiger partial charge in [0.1, 0.15) is 0 Å². The number of thiazole rings is 1. The van der Waals surface area contributed by atoms with Gasteiger partial charge in [-0.1, -0.05) is 35.9 Å². The Kier molecular flexibility index (Phi) is 4.04. The van der Waals surface area contributed by atoms with E-state index in [2.05, 4.69) is 38.7 Å². The van der Waals surface area contributed by atoms with Gasteiger partial charge in [-0.05, 0) is 30.7 Å². The summed E-state index contributed by atoms with van der Waals surface area (Å²) < 4.78 is 1.17. The van der Waals surface area contributed by atoms with Crippen LogP contribution in [0.5, 0.6) is 0 Å². The van der Waals surface area contributed by atoms with Crippen LogP contribution in [0.1, 0.15) is 11.9 Å². The molecule has 0 unspecified atom stereocenters. The van der Waals surface area contributed by atoms with Crippen molar-refractivity contribution >= 4 is 66.2 Å². The lowest BCUT2D eigenvalue weighted by atomic mass is 10.2. The van der Waals surface area contributed by atoms with Crippen LogP contribution in [0.15, 0.2) is 36.5 Å². The van der Waals surface area contributed by atoms with Crippen LogP contribution in [0, 0.1) is 0 Å². The van der Waals surface area contributed by atoms with Crippen molar-refractivity contribution in [2.45, 2.75) is 13.3 Å². The minimum absolute atomic E-state index is 0.604. The molecule has 0 aliphatic carbocycles. The molecule has 9 heteroatoms. The Balaban J connectivity index is 1.51. The molecule has 0 bridgehead atoms. The summed E-state index contributed by atoms with van der Waals surface area (Å²) in [6, 6.07) is 10.00. The van der Waals surface area contributed by atoms with Gasteiger partial charge in [0.05, 0.1) is 37.6 Å². The van der Waals surface area contributed by atoms with Crippen molar-refractivity contribution < 1.29 is 0 Å². The molecule has 0 saturated heterocycles. The normalized spacial score (nSPS) is 11.5. The molecular weight excluding hydrogens is 400 g/mol. The van der Waals surface area contributed by atoms with Gasteiger partial charge in [0.2, 0.25) is 5.13 Å². The Labute approximate surface area is 167 Å². The molecule has 0 radical (unpaired) electrons. The van der Waals surface area contributed by atoms with Crippen molar-refractivity contribution in [3.63, 3.8) is 0 Å². The molecule has 5 rings (SSSR count). The van der Waals surface area contributed by atoms with Gasteiger partial charge in [-0.3, -0.25) is 5.10 Å². The first-order valence-corrected chi connectivity index (χ1v) is 10.3. The fourth-order valence-corrected chi connectivity index (χ4v) is 4.87. The molecule has 3 aromatic heterocycles. The lowest BCUT2D eigenvalue weighted by Gasteiger charge is -2.05. The SMILES string of the molecule is CCc1nc2c(-c3nnc(Nc4ccc5[nH]ncc5c4Cl)s3)cccc2s1. The van der Waals surface area contributed by atoms with Crippen molar-refractivity contribution in [3.05, 3.63) is 46.6 Å². The van der Waals surface area contributed by atoms with E-state index in [1.165, 1.54) is 16.0 Å². The number of aromatic amines is 1. The highest BCUT2D eigenvalue weighted by molar-refractivity contribution is 7.19. The summed E-state index contributed by atoms with van der Waals surface area (Å²) >= 11 is 9.68. The Morgan fingerprint density at radius 1 is 1.15 bits per heavy atom. The second kappa shape index (κ2) is 6.56. The van der Waals surface area contributed by atoms with Crippen molar-refractivity contribution in [3.8, 4) is 10.6 Å². The Bertz CT molecular complexity index is 1270. The molecule has 2 aromatic carbocycles. The molecule has 27 heavy (non-hydrogen) atoms. The molecular formula is C18H13ClN6S2. The third-order valence-electron chi connectivity index (χ3n) is 4.22. The van der Waals surface area contributed by atoms with E-state index < -0.39 is 0 Å². The summed E-state index contributed by atoms with van der Waals surface area (Å²) in [5, 5.41) is 22.9. The van der Waals surface area contributed by atoms with E-state index in [1.54, 1.807) is 17.5 Å². The fraction of sp³-hybridized carbons (Fsp3) is 0.111. The van der Waals surface area contributed by atoms with Crippen LogP contribution in [0.25, 0.3) is 31.7 Å². The molecule has 6 nitrogen and oxygen atoms in total. The number of rotatable bonds is 4. The summed E-state index contributed by atoms with van der Waals surface area (Å²) in [5.41, 5.74) is 3.66. The largest absolute Gasteiger partial charge is 0.329 e. The van der Waals surface area contributed by atoms with Gasteiger partial charge in [0.25, 0.3) is 0 Å². The van der Waals surface area contributed by atoms with E-state index in [-0.39, 0.29) is 0 Å². The maximum Gasteiger partial charge on any atom is 0.210 e. The third-order valence-corrected chi connectivity index (χ3v) is 6.67. The van der Waals surface area contributed by atoms with E-state index in [0.29, 0.717) is 10.2 Å². The summed E-state index contributed by atoms with van der Waals surface area (Å²) in [5.74, 6) is 0. The first kappa shape index (κ1) is 16.6. The zero-order valence-corrected chi connectivity index (χ0v) is 16.5. The number of nitrogens with zero attached hydrogens (tertiary/aromatic N) is 4. The average Bonchev–Trinajstić information content (AvgIpc) is 3.42. The fourth-order valence-electron chi connectivity index (χ4n) is 2.90. The first-order chi connectivity index (χ1) is 13.2. The monoisotopic (exact) mass is 412 g/mol. The smallest absolute Gasteiger partial charge is 0.210 e. The highest BCUT2D eigenvalue weighted by Crippen LogP contribution is 2.37. The zero-order chi connectivity index (χ0) is 18.4. The predicted octanol–water partition coefficient (Wildman–Crippen LogP) is 5.65. The van der Waals surface area contributed by atoms with E-state index in [4.69, 9.17) is 16.6 Å². The minimum atomic E-state index is 0.604. The van der Waals surface area contributed by atoms with E-state index in [1.807, 2.05) is 24.3 Å². The maximum absolute atomic E-state index is 6.48. The number of aryl methyl sites for hydroxylation is 1. The van der Waals surface area contributed by atoms with Gasteiger partial charge >= 0.3 is 0 Å². The summed E-state index contributed by atoms with van der Waals surface area (Å²) in [7, 11) is 0. The minimum Gasteiger partial charge on any atom is -0.329 e. The molecule has 0 aliphatic rings. The number of nitrogens with one attached hydrogen (secondary N) is 2. The highest BCUT2D eigenvalue weighted by Gasteiger charge is 2.15. The second-order valence-electron chi connectivity index (χ2n) is 5.91. The number of hydrogen-bond donors (Lipinski definition) is 2. The van der Waals surface area contributed by atoms with Crippen LogP contribution < -0.4 is 5.32 Å². The standard InChI is InChI=1S/C18H13ClN6S2/c1-2-14-22-16-9(4-3-5-13(16)26-14)17-24-25-18(27-17)21-12-7-6-11-10(15(12)19)8-20-23-11/h3-8H,2H2,1H3,(H,20,23)(H,21,25). The topological polar surface area (TPSA) is 79.4 Å². The Morgan fingerprint density at radius 3 is 2.96 bits per heavy atom. The van der Waals surface area contributed by atoms with Crippen molar-refractivity contribution in [1.29, 1.82) is 0 Å². The van der Waals surface area contributed by atoms with Crippen LogP contribution in [0.2, 0.25) is 5.02 Å². The van der Waals surface area contributed by atoms with Gasteiger partial charge in [-0.15, -0.1) is 21.5 Å². The van der Waals surface area contributed by atoms with Gasteiger partial charge in [0.15, 0.2) is 5.01 Å². The molecule has 0 aliphatic heterocycles. The molecule has 134 valence electrons. The summed E-state index contributed by atoms with van der Waals surface area (Å²) in [6.07, 6.45) is 2.64. The zero-order valence-electron chi connectivity index (χ0n) is 14.2. The van der Waals surface area contributed by atoms with Gasteiger partial charge in [-0.25, -0.2) is 4.98 Å². The van der Waals surface area contributed by atoms with E-state index in [0.717, 1.165) is 44.1 Å². The number of fused-ring (bicyclic) bond motifs is 2. The highest BCUT2D eigenvalue weighted by atomic mass is 35.5. The summed E-state index contributed by atoms with van der Waals surface area (Å²) in [4.78, 5) is 4.75. The van der Waals surface area contributed by atoms with Crippen molar-refractivity contribution in [2.24, 2.45) is 0 Å². The van der Waals surface area contributed by atoms with Gasteiger partial charge < -0.3 is 5.32 Å². The molecule has 0 spiro atoms. The average molecular weight is 413 g/mol. The lowest BCUT2D eigenvalue weighted by Crippen LogP contribution is -1.90. The number of H-pyrrole nitrogens is 1. The molecule has 0 fully saturated rings. The Morgan fingerprint density at radius 2 is 2.07 bits per heavy atom. The number of para-hydroxylation sites is 1. The molecule has 5 aromatic rings.